The van der Waals surface area contributed by atoms with Crippen molar-refractivity contribution in [1.29, 1.82) is 0 Å². The quantitative estimate of drug-likeness (QED) is 0.533. The van der Waals surface area contributed by atoms with Gasteiger partial charge in [-0.3, -0.25) is 4.79 Å². The summed E-state index contributed by atoms with van der Waals surface area (Å²) in [7, 11) is 0. The summed E-state index contributed by atoms with van der Waals surface area (Å²) in [6.07, 6.45) is -2.64. The van der Waals surface area contributed by atoms with Crippen LogP contribution in [-0.2, 0) is 20.7 Å². The van der Waals surface area contributed by atoms with Crippen LogP contribution in [0.3, 0.4) is 0 Å². The Morgan fingerprint density at radius 1 is 1.07 bits per heavy atom. The molecule has 5 nitrogen and oxygen atoms in total. The van der Waals surface area contributed by atoms with Crippen LogP contribution in [0.2, 0.25) is 0 Å². The van der Waals surface area contributed by atoms with Gasteiger partial charge in [-0.05, 0) is 42.7 Å². The number of benzene rings is 2. The molecule has 1 amide bonds. The van der Waals surface area contributed by atoms with Crippen LogP contribution in [-0.4, -0.2) is 30.9 Å². The largest absolute Gasteiger partial charge is 0.573 e. The van der Waals surface area contributed by atoms with Crippen molar-refractivity contribution in [3.05, 3.63) is 71.8 Å². The molecule has 0 saturated heterocycles. The normalized spacial score (nSPS) is 12.4. The monoisotopic (exact) mass is 407 g/mol. The molecule has 2 rings (SSSR count). The molecule has 0 heterocycles. The van der Waals surface area contributed by atoms with Gasteiger partial charge >= 0.3 is 12.3 Å². The number of hydrogen-bond acceptors (Lipinski definition) is 4. The summed E-state index contributed by atoms with van der Waals surface area (Å²) in [5.74, 6) is -1.53. The Kier molecular flexibility index (Phi) is 7.82. The van der Waals surface area contributed by atoms with Crippen molar-refractivity contribution >= 4 is 18.0 Å². The van der Waals surface area contributed by atoms with Crippen molar-refractivity contribution in [2.75, 3.05) is 6.54 Å². The molecule has 0 unspecified atom stereocenters. The highest BCUT2D eigenvalue weighted by Crippen LogP contribution is 2.23. The van der Waals surface area contributed by atoms with Crippen molar-refractivity contribution in [3.8, 4) is 5.75 Å². The van der Waals surface area contributed by atoms with Gasteiger partial charge in [0.1, 0.15) is 5.75 Å². The van der Waals surface area contributed by atoms with Crippen molar-refractivity contribution in [3.63, 3.8) is 0 Å². The van der Waals surface area contributed by atoms with Gasteiger partial charge in [-0.15, -0.1) is 13.2 Å². The van der Waals surface area contributed by atoms with E-state index >= 15 is 0 Å². The van der Waals surface area contributed by atoms with Gasteiger partial charge in [0.15, 0.2) is 6.10 Å². The molecule has 0 aliphatic carbocycles. The van der Waals surface area contributed by atoms with Crippen LogP contribution in [0.25, 0.3) is 6.08 Å². The number of rotatable bonds is 8. The second kappa shape index (κ2) is 10.3. The molecule has 154 valence electrons. The Labute approximate surface area is 166 Å². The highest BCUT2D eigenvalue weighted by Gasteiger charge is 2.30. The van der Waals surface area contributed by atoms with Crippen LogP contribution in [0.1, 0.15) is 18.1 Å². The van der Waals surface area contributed by atoms with Crippen LogP contribution < -0.4 is 10.1 Å². The smallest absolute Gasteiger partial charge is 0.449 e. The Balaban J connectivity index is 1.76. The number of esters is 1. The molecule has 0 aliphatic rings. The van der Waals surface area contributed by atoms with Gasteiger partial charge in [-0.25, -0.2) is 4.79 Å². The minimum Gasteiger partial charge on any atom is -0.449 e. The highest BCUT2D eigenvalue weighted by atomic mass is 19.4. The number of hydrogen-bond donors (Lipinski definition) is 1. The second-order valence-electron chi connectivity index (χ2n) is 6.06. The molecule has 8 heteroatoms. The van der Waals surface area contributed by atoms with Crippen LogP contribution in [0, 0.1) is 0 Å². The van der Waals surface area contributed by atoms with Crippen molar-refractivity contribution < 1.29 is 32.2 Å². The zero-order chi connectivity index (χ0) is 21.3. The Morgan fingerprint density at radius 2 is 1.72 bits per heavy atom. The van der Waals surface area contributed by atoms with E-state index in [1.54, 1.807) is 0 Å². The first-order chi connectivity index (χ1) is 13.7. The minimum absolute atomic E-state index is 0.363. The maximum absolute atomic E-state index is 12.1. The molecule has 1 N–H and O–H groups in total. The molecule has 0 saturated carbocycles. The van der Waals surface area contributed by atoms with Crippen molar-refractivity contribution in [2.45, 2.75) is 25.8 Å². The van der Waals surface area contributed by atoms with Crippen molar-refractivity contribution in [1.82, 2.24) is 5.32 Å². The lowest BCUT2D eigenvalue weighted by Gasteiger charge is -2.12. The summed E-state index contributed by atoms with van der Waals surface area (Å²) in [4.78, 5) is 23.8. The van der Waals surface area contributed by atoms with Gasteiger partial charge in [0.05, 0.1) is 0 Å². The van der Waals surface area contributed by atoms with E-state index in [9.17, 15) is 22.8 Å². The van der Waals surface area contributed by atoms with Gasteiger partial charge in [0.25, 0.3) is 5.91 Å². The van der Waals surface area contributed by atoms with Gasteiger partial charge in [-0.1, -0.05) is 42.5 Å². The molecular weight excluding hydrogens is 387 g/mol. The molecule has 29 heavy (non-hydrogen) atoms. The molecule has 0 bridgehead atoms. The average molecular weight is 407 g/mol. The zero-order valence-electron chi connectivity index (χ0n) is 15.6. The lowest BCUT2D eigenvalue weighted by molar-refractivity contribution is -0.274. The number of amides is 1. The number of alkyl halides is 3. The first-order valence-electron chi connectivity index (χ1n) is 8.79. The summed E-state index contributed by atoms with van der Waals surface area (Å²) >= 11 is 0. The first kappa shape index (κ1) is 22.0. The number of carbonyl (C=O) groups is 2. The van der Waals surface area contributed by atoms with E-state index < -0.39 is 24.3 Å². The topological polar surface area (TPSA) is 64.6 Å². The van der Waals surface area contributed by atoms with Crippen LogP contribution in [0.5, 0.6) is 5.75 Å². The van der Waals surface area contributed by atoms with E-state index in [1.165, 1.54) is 25.1 Å². The molecule has 0 spiro atoms. The summed E-state index contributed by atoms with van der Waals surface area (Å²) in [5.41, 5.74) is 1.54. The average Bonchev–Trinajstić information content (AvgIpc) is 2.67. The molecule has 0 aromatic heterocycles. The summed E-state index contributed by atoms with van der Waals surface area (Å²) in [5, 5.41) is 2.69. The van der Waals surface area contributed by atoms with E-state index in [0.29, 0.717) is 18.5 Å². The third-order valence-electron chi connectivity index (χ3n) is 3.74. The summed E-state index contributed by atoms with van der Waals surface area (Å²) < 4.78 is 45.1. The van der Waals surface area contributed by atoms with E-state index in [-0.39, 0.29) is 5.75 Å². The summed E-state index contributed by atoms with van der Waals surface area (Å²) in [6.45, 7) is 1.86. The van der Waals surface area contributed by atoms with E-state index in [2.05, 4.69) is 10.1 Å². The number of nitrogens with one attached hydrogen (secondary N) is 1. The molecule has 0 fully saturated rings. The van der Waals surface area contributed by atoms with E-state index in [1.807, 2.05) is 30.3 Å². The molecule has 0 radical (unpaired) electrons. The minimum atomic E-state index is -4.76. The van der Waals surface area contributed by atoms with Gasteiger partial charge in [0.2, 0.25) is 0 Å². The summed E-state index contributed by atoms with van der Waals surface area (Å²) in [6, 6.07) is 14.6. The fourth-order valence-corrected chi connectivity index (χ4v) is 2.33. The standard InChI is InChI=1S/C21H20F3NO4/c1-15(20(27)25-14-13-16-5-3-2-4-6-16)28-19(26)12-9-17-7-10-18(11-8-17)29-21(22,23)24/h2-12,15H,13-14H2,1H3,(H,25,27)/b12-9+/t15-/m1/s1. The van der Waals surface area contributed by atoms with E-state index in [0.717, 1.165) is 23.8 Å². The van der Waals surface area contributed by atoms with E-state index in [4.69, 9.17) is 4.74 Å². The highest BCUT2D eigenvalue weighted by molar-refractivity contribution is 5.90. The zero-order valence-corrected chi connectivity index (χ0v) is 15.6. The first-order valence-corrected chi connectivity index (χ1v) is 8.79. The lowest BCUT2D eigenvalue weighted by atomic mass is 10.1. The molecule has 2 aromatic rings. The third-order valence-corrected chi connectivity index (χ3v) is 3.74. The van der Waals surface area contributed by atoms with Gasteiger partial charge < -0.3 is 14.8 Å². The Hall–Kier alpha value is -3.29. The second-order valence-corrected chi connectivity index (χ2v) is 6.06. The number of halogens is 3. The fourth-order valence-electron chi connectivity index (χ4n) is 2.33. The number of ether oxygens (including phenoxy) is 2. The maximum Gasteiger partial charge on any atom is 0.573 e. The molecule has 0 aliphatic heterocycles. The van der Waals surface area contributed by atoms with Gasteiger partial charge in [0, 0.05) is 12.6 Å². The third kappa shape index (κ3) is 8.50. The molecule has 1 atom stereocenters. The number of carbonyl (C=O) groups excluding carboxylic acids is 2. The molecular formula is C21H20F3NO4. The fraction of sp³-hybridized carbons (Fsp3) is 0.238. The van der Waals surface area contributed by atoms with Gasteiger partial charge in [-0.2, -0.15) is 0 Å². The Bertz CT molecular complexity index is 833. The predicted octanol–water partition coefficient (Wildman–Crippen LogP) is 3.89. The van der Waals surface area contributed by atoms with Crippen LogP contribution in [0.15, 0.2) is 60.7 Å². The maximum atomic E-state index is 12.1. The van der Waals surface area contributed by atoms with Crippen LogP contribution >= 0.6 is 0 Å². The molecule has 2 aromatic carbocycles. The lowest BCUT2D eigenvalue weighted by Crippen LogP contribution is -2.36. The van der Waals surface area contributed by atoms with Crippen molar-refractivity contribution in [2.24, 2.45) is 0 Å². The SMILES string of the molecule is C[C@@H](OC(=O)/C=C/c1ccc(OC(F)(F)F)cc1)C(=O)NCCc1ccccc1. The van der Waals surface area contributed by atoms with Crippen LogP contribution in [0.4, 0.5) is 13.2 Å². The Morgan fingerprint density at radius 3 is 2.34 bits per heavy atom. The predicted molar refractivity (Wildman–Crippen MR) is 101 cm³/mol.